The van der Waals surface area contributed by atoms with E-state index in [4.69, 9.17) is 4.74 Å². The van der Waals surface area contributed by atoms with Gasteiger partial charge in [-0.05, 0) is 26.8 Å². The molecule has 2 rings (SSSR count). The third kappa shape index (κ3) is 7.04. The summed E-state index contributed by atoms with van der Waals surface area (Å²) in [5, 5.41) is 7.21. The first kappa shape index (κ1) is 24.3. The van der Waals surface area contributed by atoms with Gasteiger partial charge in [0.2, 0.25) is 0 Å². The summed E-state index contributed by atoms with van der Waals surface area (Å²) in [5.41, 5.74) is 1.56. The van der Waals surface area contributed by atoms with Crippen LogP contribution in [0.15, 0.2) is 23.2 Å². The van der Waals surface area contributed by atoms with Crippen molar-refractivity contribution in [2.24, 2.45) is 4.99 Å². The van der Waals surface area contributed by atoms with Crippen molar-refractivity contribution < 1.29 is 18.3 Å². The number of benzene rings is 1. The minimum Gasteiger partial charge on any atom is -0.490 e. The van der Waals surface area contributed by atoms with Gasteiger partial charge in [0, 0.05) is 24.0 Å². The molecule has 0 atom stereocenters. The number of para-hydroxylation sites is 1. The lowest BCUT2D eigenvalue weighted by atomic mass is 10.2. The summed E-state index contributed by atoms with van der Waals surface area (Å²) < 4.78 is 35.6. The standard InChI is InChI=1S/C18H24F2N4O2S.HI/c1-5-25-14-8-6-7-13(16(14)26-17(19)20)9-22-18(21-4)23-10-15-24-11(2)12(3)27-15;/h6-8,17H,5,9-10H2,1-4H3,(H2,21,22,23);1H. The Balaban J connectivity index is 0.00000392. The van der Waals surface area contributed by atoms with Crippen LogP contribution in [0.25, 0.3) is 0 Å². The van der Waals surface area contributed by atoms with Crippen LogP contribution in [-0.4, -0.2) is 31.2 Å². The van der Waals surface area contributed by atoms with Gasteiger partial charge in [-0.1, -0.05) is 12.1 Å². The SMILES string of the molecule is CCOc1cccc(CNC(=NC)NCc2nc(C)c(C)s2)c1OC(F)F.I. The molecule has 2 N–H and O–H groups in total. The number of nitrogens with one attached hydrogen (secondary N) is 2. The molecule has 0 fully saturated rings. The van der Waals surface area contributed by atoms with Gasteiger partial charge in [0.1, 0.15) is 5.01 Å². The van der Waals surface area contributed by atoms with Gasteiger partial charge in [-0.3, -0.25) is 4.99 Å². The number of halogens is 3. The van der Waals surface area contributed by atoms with Crippen LogP contribution in [0.5, 0.6) is 11.5 Å². The van der Waals surface area contributed by atoms with Crippen molar-refractivity contribution in [2.45, 2.75) is 40.5 Å². The van der Waals surface area contributed by atoms with Crippen LogP contribution in [-0.2, 0) is 13.1 Å². The van der Waals surface area contributed by atoms with E-state index in [1.807, 2.05) is 13.8 Å². The number of aromatic nitrogens is 1. The number of ether oxygens (including phenoxy) is 2. The zero-order valence-corrected chi connectivity index (χ0v) is 19.4. The second kappa shape index (κ2) is 12.0. The van der Waals surface area contributed by atoms with Crippen LogP contribution < -0.4 is 20.1 Å². The molecule has 1 aromatic carbocycles. The Morgan fingerprint density at radius 3 is 2.54 bits per heavy atom. The molecule has 0 radical (unpaired) electrons. The molecule has 0 aliphatic heterocycles. The number of hydrogen-bond acceptors (Lipinski definition) is 5. The van der Waals surface area contributed by atoms with Crippen molar-refractivity contribution in [2.75, 3.05) is 13.7 Å². The summed E-state index contributed by atoms with van der Waals surface area (Å²) in [6.07, 6.45) is 0. The van der Waals surface area contributed by atoms with E-state index >= 15 is 0 Å². The van der Waals surface area contributed by atoms with Crippen LogP contribution >= 0.6 is 35.3 Å². The third-order valence-electron chi connectivity index (χ3n) is 3.72. The number of guanidine groups is 1. The molecule has 0 saturated carbocycles. The Morgan fingerprint density at radius 2 is 1.96 bits per heavy atom. The second-order valence-electron chi connectivity index (χ2n) is 5.58. The molecule has 0 saturated heterocycles. The molecular formula is C18H25F2IN4O2S. The summed E-state index contributed by atoms with van der Waals surface area (Å²) in [4.78, 5) is 9.79. The average Bonchev–Trinajstić information content (AvgIpc) is 2.95. The van der Waals surface area contributed by atoms with Gasteiger partial charge in [0.25, 0.3) is 0 Å². The number of thiazole rings is 1. The summed E-state index contributed by atoms with van der Waals surface area (Å²) >= 11 is 1.62. The van der Waals surface area contributed by atoms with E-state index in [2.05, 4.69) is 25.3 Å². The highest BCUT2D eigenvalue weighted by Crippen LogP contribution is 2.32. The van der Waals surface area contributed by atoms with E-state index in [0.29, 0.717) is 24.7 Å². The minimum atomic E-state index is -2.93. The molecule has 0 bridgehead atoms. The van der Waals surface area contributed by atoms with E-state index in [1.165, 1.54) is 4.88 Å². The summed E-state index contributed by atoms with van der Waals surface area (Å²) in [6, 6.07) is 5.04. The predicted octanol–water partition coefficient (Wildman–Crippen LogP) is 4.24. The zero-order chi connectivity index (χ0) is 19.8. The first-order chi connectivity index (χ1) is 12.9. The number of aryl methyl sites for hydroxylation is 2. The molecular weight excluding hydrogens is 501 g/mol. The predicted molar refractivity (Wildman–Crippen MR) is 118 cm³/mol. The van der Waals surface area contributed by atoms with Crippen LogP contribution in [0, 0.1) is 13.8 Å². The fourth-order valence-electron chi connectivity index (χ4n) is 2.37. The van der Waals surface area contributed by atoms with Crippen molar-refractivity contribution in [1.82, 2.24) is 15.6 Å². The van der Waals surface area contributed by atoms with Crippen molar-refractivity contribution in [3.05, 3.63) is 39.3 Å². The minimum absolute atomic E-state index is 0. The molecule has 156 valence electrons. The van der Waals surface area contributed by atoms with E-state index in [-0.39, 0.29) is 42.0 Å². The van der Waals surface area contributed by atoms with E-state index in [0.717, 1.165) is 10.7 Å². The number of hydrogen-bond donors (Lipinski definition) is 2. The van der Waals surface area contributed by atoms with Gasteiger partial charge in [0.05, 0.1) is 18.8 Å². The van der Waals surface area contributed by atoms with Crippen LogP contribution in [0.1, 0.15) is 28.1 Å². The third-order valence-corrected chi connectivity index (χ3v) is 4.79. The second-order valence-corrected chi connectivity index (χ2v) is 6.87. The first-order valence-electron chi connectivity index (χ1n) is 8.51. The summed E-state index contributed by atoms with van der Waals surface area (Å²) in [5.74, 6) is 0.850. The van der Waals surface area contributed by atoms with E-state index in [9.17, 15) is 8.78 Å². The number of alkyl halides is 2. The fourth-order valence-corrected chi connectivity index (χ4v) is 3.24. The van der Waals surface area contributed by atoms with Crippen LogP contribution in [0.3, 0.4) is 0 Å². The van der Waals surface area contributed by atoms with E-state index < -0.39 is 6.61 Å². The van der Waals surface area contributed by atoms with Gasteiger partial charge in [0.15, 0.2) is 17.5 Å². The lowest BCUT2D eigenvalue weighted by Crippen LogP contribution is -2.36. The summed E-state index contributed by atoms with van der Waals surface area (Å²) in [7, 11) is 1.64. The van der Waals surface area contributed by atoms with Crippen molar-refractivity contribution >= 4 is 41.3 Å². The molecule has 28 heavy (non-hydrogen) atoms. The largest absolute Gasteiger partial charge is 0.490 e. The lowest BCUT2D eigenvalue weighted by molar-refractivity contribution is -0.0520. The molecule has 0 aliphatic carbocycles. The first-order valence-corrected chi connectivity index (χ1v) is 9.33. The Bertz CT molecular complexity index is 767. The van der Waals surface area contributed by atoms with Gasteiger partial charge >= 0.3 is 6.61 Å². The number of nitrogens with zero attached hydrogens (tertiary/aromatic N) is 2. The molecule has 0 aliphatic rings. The topological polar surface area (TPSA) is 67.8 Å². The molecule has 2 aromatic rings. The molecule has 1 aromatic heterocycles. The maximum atomic E-state index is 12.8. The monoisotopic (exact) mass is 526 g/mol. The molecule has 0 amide bonds. The lowest BCUT2D eigenvalue weighted by Gasteiger charge is -2.17. The number of rotatable bonds is 8. The smallest absolute Gasteiger partial charge is 0.387 e. The normalized spacial score (nSPS) is 11.2. The van der Waals surface area contributed by atoms with Crippen molar-refractivity contribution in [1.29, 1.82) is 0 Å². The molecule has 0 spiro atoms. The van der Waals surface area contributed by atoms with Crippen molar-refractivity contribution in [3.63, 3.8) is 0 Å². The summed E-state index contributed by atoms with van der Waals surface area (Å²) in [6.45, 7) is 3.98. The van der Waals surface area contributed by atoms with Gasteiger partial charge in [-0.2, -0.15) is 8.78 Å². The van der Waals surface area contributed by atoms with Gasteiger partial charge < -0.3 is 20.1 Å². The maximum Gasteiger partial charge on any atom is 0.387 e. The van der Waals surface area contributed by atoms with Crippen molar-refractivity contribution in [3.8, 4) is 11.5 Å². The Labute approximate surface area is 184 Å². The Morgan fingerprint density at radius 1 is 1.25 bits per heavy atom. The number of aliphatic imine (C=N–C) groups is 1. The molecule has 0 unspecified atom stereocenters. The molecule has 6 nitrogen and oxygen atoms in total. The van der Waals surface area contributed by atoms with Crippen LogP contribution in [0.2, 0.25) is 0 Å². The molecule has 10 heteroatoms. The highest BCUT2D eigenvalue weighted by molar-refractivity contribution is 14.0. The Hall–Kier alpha value is -1.69. The fraction of sp³-hybridized carbons (Fsp3) is 0.444. The van der Waals surface area contributed by atoms with Crippen LogP contribution in [0.4, 0.5) is 8.78 Å². The quantitative estimate of drug-likeness (QED) is 0.306. The highest BCUT2D eigenvalue weighted by Gasteiger charge is 2.16. The zero-order valence-electron chi connectivity index (χ0n) is 16.2. The molecule has 1 heterocycles. The van der Waals surface area contributed by atoms with E-state index in [1.54, 1.807) is 43.5 Å². The Kier molecular flexibility index (Phi) is 10.4. The highest BCUT2D eigenvalue weighted by atomic mass is 127. The maximum absolute atomic E-state index is 12.8. The van der Waals surface area contributed by atoms with Gasteiger partial charge in [-0.25, -0.2) is 4.98 Å². The van der Waals surface area contributed by atoms with Gasteiger partial charge in [-0.15, -0.1) is 35.3 Å². The average molecular weight is 526 g/mol.